The normalized spacial score (nSPS) is 17.6. The quantitative estimate of drug-likeness (QED) is 0.719. The maximum atomic E-state index is 12.1. The highest BCUT2D eigenvalue weighted by molar-refractivity contribution is 7.89. The van der Waals surface area contributed by atoms with Crippen molar-refractivity contribution in [2.45, 2.75) is 43.7 Å². The van der Waals surface area contributed by atoms with Crippen LogP contribution in [0.4, 0.5) is 0 Å². The lowest BCUT2D eigenvalue weighted by Gasteiger charge is -2.23. The Kier molecular flexibility index (Phi) is 5.27. The van der Waals surface area contributed by atoms with Gasteiger partial charge in [-0.25, -0.2) is 22.8 Å². The Balaban J connectivity index is 1.46. The molecule has 8 heteroatoms. The molecule has 1 aliphatic heterocycles. The monoisotopic (exact) mass is 349 g/mol. The van der Waals surface area contributed by atoms with Crippen molar-refractivity contribution in [2.75, 3.05) is 13.1 Å². The van der Waals surface area contributed by atoms with E-state index in [1.807, 2.05) is 4.68 Å². The Morgan fingerprint density at radius 1 is 1.25 bits per heavy atom. The van der Waals surface area contributed by atoms with E-state index in [1.54, 1.807) is 30.3 Å². The fraction of sp³-hybridized carbons (Fsp3) is 0.500. The lowest BCUT2D eigenvalue weighted by Crippen LogP contribution is -2.41. The van der Waals surface area contributed by atoms with E-state index in [0.29, 0.717) is 24.0 Å². The highest BCUT2D eigenvalue weighted by Crippen LogP contribution is 2.13. The molecule has 0 unspecified atom stereocenters. The molecule has 0 amide bonds. The third-order valence-electron chi connectivity index (χ3n) is 4.12. The summed E-state index contributed by atoms with van der Waals surface area (Å²) in [7, 11) is -3.43. The number of rotatable bonds is 7. The van der Waals surface area contributed by atoms with E-state index >= 15 is 0 Å². The SMILES string of the molecule is CCc1nc2n(n1)C[C@H](NCCNS(=O)(=O)c1ccccc1)CC2. The number of aromatic nitrogens is 3. The lowest BCUT2D eigenvalue weighted by atomic mass is 10.1. The summed E-state index contributed by atoms with van der Waals surface area (Å²) in [6.07, 6.45) is 2.74. The van der Waals surface area contributed by atoms with E-state index in [1.165, 1.54) is 0 Å². The minimum Gasteiger partial charge on any atom is -0.311 e. The molecule has 2 N–H and O–H groups in total. The zero-order valence-electron chi connectivity index (χ0n) is 13.8. The number of hydrogen-bond acceptors (Lipinski definition) is 5. The Bertz CT molecular complexity index is 773. The first kappa shape index (κ1) is 17.1. The molecule has 24 heavy (non-hydrogen) atoms. The highest BCUT2D eigenvalue weighted by Gasteiger charge is 2.21. The van der Waals surface area contributed by atoms with E-state index in [-0.39, 0.29) is 0 Å². The molecule has 0 aliphatic carbocycles. The van der Waals surface area contributed by atoms with Crippen LogP contribution in [0.3, 0.4) is 0 Å². The Morgan fingerprint density at radius 3 is 2.79 bits per heavy atom. The average Bonchev–Trinajstić information content (AvgIpc) is 3.02. The van der Waals surface area contributed by atoms with Crippen LogP contribution in [0.5, 0.6) is 0 Å². The maximum Gasteiger partial charge on any atom is 0.240 e. The van der Waals surface area contributed by atoms with Gasteiger partial charge in [-0.3, -0.25) is 0 Å². The molecule has 1 atom stereocenters. The molecule has 0 saturated carbocycles. The topological polar surface area (TPSA) is 88.9 Å². The number of nitrogens with zero attached hydrogens (tertiary/aromatic N) is 3. The van der Waals surface area contributed by atoms with Crippen molar-refractivity contribution in [1.82, 2.24) is 24.8 Å². The van der Waals surface area contributed by atoms with Crippen LogP contribution in [0.2, 0.25) is 0 Å². The van der Waals surface area contributed by atoms with Crippen molar-refractivity contribution in [3.05, 3.63) is 42.0 Å². The van der Waals surface area contributed by atoms with Gasteiger partial charge >= 0.3 is 0 Å². The molecular weight excluding hydrogens is 326 g/mol. The molecule has 0 saturated heterocycles. The van der Waals surface area contributed by atoms with Gasteiger partial charge in [0.25, 0.3) is 0 Å². The van der Waals surface area contributed by atoms with Gasteiger partial charge in [-0.2, -0.15) is 5.10 Å². The first-order chi connectivity index (χ1) is 11.6. The first-order valence-electron chi connectivity index (χ1n) is 8.29. The third-order valence-corrected chi connectivity index (χ3v) is 5.60. The molecule has 1 aliphatic rings. The largest absolute Gasteiger partial charge is 0.311 e. The number of fused-ring (bicyclic) bond motifs is 1. The number of benzene rings is 1. The van der Waals surface area contributed by atoms with Gasteiger partial charge in [-0.1, -0.05) is 25.1 Å². The number of aryl methyl sites for hydroxylation is 2. The van der Waals surface area contributed by atoms with Crippen LogP contribution < -0.4 is 10.0 Å². The summed E-state index contributed by atoms with van der Waals surface area (Å²) >= 11 is 0. The summed E-state index contributed by atoms with van der Waals surface area (Å²) < 4.78 is 28.8. The Hall–Kier alpha value is -1.77. The highest BCUT2D eigenvalue weighted by atomic mass is 32.2. The molecule has 2 aromatic rings. The molecular formula is C16H23N5O2S. The zero-order valence-corrected chi connectivity index (χ0v) is 14.6. The van der Waals surface area contributed by atoms with Crippen LogP contribution in [0.1, 0.15) is 25.0 Å². The third kappa shape index (κ3) is 4.00. The van der Waals surface area contributed by atoms with E-state index < -0.39 is 10.0 Å². The number of hydrogen-bond donors (Lipinski definition) is 2. The van der Waals surface area contributed by atoms with Gasteiger partial charge in [0.15, 0.2) is 5.82 Å². The molecule has 2 heterocycles. The van der Waals surface area contributed by atoms with E-state index in [4.69, 9.17) is 0 Å². The summed E-state index contributed by atoms with van der Waals surface area (Å²) in [5.74, 6) is 1.94. The molecule has 0 spiro atoms. The summed E-state index contributed by atoms with van der Waals surface area (Å²) in [6, 6.07) is 8.71. The number of nitrogens with one attached hydrogen (secondary N) is 2. The Morgan fingerprint density at radius 2 is 2.04 bits per heavy atom. The average molecular weight is 349 g/mol. The minimum atomic E-state index is -3.43. The molecule has 3 rings (SSSR count). The zero-order chi connectivity index (χ0) is 17.0. The van der Waals surface area contributed by atoms with E-state index in [2.05, 4.69) is 27.0 Å². The van der Waals surface area contributed by atoms with Crippen molar-refractivity contribution in [1.29, 1.82) is 0 Å². The summed E-state index contributed by atoms with van der Waals surface area (Å²) in [4.78, 5) is 4.79. The molecule has 7 nitrogen and oxygen atoms in total. The van der Waals surface area contributed by atoms with Crippen molar-refractivity contribution in [2.24, 2.45) is 0 Å². The van der Waals surface area contributed by atoms with Gasteiger partial charge in [0.1, 0.15) is 5.82 Å². The number of sulfonamides is 1. The van der Waals surface area contributed by atoms with Gasteiger partial charge in [-0.15, -0.1) is 0 Å². The predicted molar refractivity (Wildman–Crippen MR) is 91.1 cm³/mol. The molecule has 0 radical (unpaired) electrons. The molecule has 0 fully saturated rings. The van der Waals surface area contributed by atoms with Crippen LogP contribution in [0.15, 0.2) is 35.2 Å². The van der Waals surface area contributed by atoms with Gasteiger partial charge < -0.3 is 5.32 Å². The van der Waals surface area contributed by atoms with Gasteiger partial charge in [-0.05, 0) is 18.6 Å². The summed E-state index contributed by atoms with van der Waals surface area (Å²) in [5, 5.41) is 7.88. The van der Waals surface area contributed by atoms with Crippen molar-refractivity contribution in [3.8, 4) is 0 Å². The van der Waals surface area contributed by atoms with Crippen LogP contribution in [-0.4, -0.2) is 42.3 Å². The van der Waals surface area contributed by atoms with Gasteiger partial charge in [0, 0.05) is 32.0 Å². The Labute approximate surface area is 142 Å². The lowest BCUT2D eigenvalue weighted by molar-refractivity contribution is 0.360. The van der Waals surface area contributed by atoms with Crippen molar-refractivity contribution < 1.29 is 8.42 Å². The summed E-state index contributed by atoms with van der Waals surface area (Å²) in [5.41, 5.74) is 0. The van der Waals surface area contributed by atoms with Crippen molar-refractivity contribution >= 4 is 10.0 Å². The van der Waals surface area contributed by atoms with E-state index in [9.17, 15) is 8.42 Å². The van der Waals surface area contributed by atoms with Crippen LogP contribution in [0.25, 0.3) is 0 Å². The fourth-order valence-electron chi connectivity index (χ4n) is 2.82. The van der Waals surface area contributed by atoms with Crippen LogP contribution >= 0.6 is 0 Å². The second-order valence-electron chi connectivity index (χ2n) is 5.88. The molecule has 1 aromatic carbocycles. The second kappa shape index (κ2) is 7.42. The van der Waals surface area contributed by atoms with Crippen LogP contribution in [-0.2, 0) is 29.4 Å². The minimum absolute atomic E-state index is 0.294. The van der Waals surface area contributed by atoms with Crippen LogP contribution in [0, 0.1) is 0 Å². The molecule has 0 bridgehead atoms. The first-order valence-corrected chi connectivity index (χ1v) is 9.77. The molecule has 1 aromatic heterocycles. The van der Waals surface area contributed by atoms with E-state index in [0.717, 1.165) is 37.5 Å². The molecule has 130 valence electrons. The second-order valence-corrected chi connectivity index (χ2v) is 7.65. The maximum absolute atomic E-state index is 12.1. The van der Waals surface area contributed by atoms with Crippen molar-refractivity contribution in [3.63, 3.8) is 0 Å². The predicted octanol–water partition coefficient (Wildman–Crippen LogP) is 0.723. The summed E-state index contributed by atoms with van der Waals surface area (Å²) in [6.45, 7) is 3.78. The van der Waals surface area contributed by atoms with Gasteiger partial charge in [0.05, 0.1) is 11.4 Å². The smallest absolute Gasteiger partial charge is 0.240 e. The fourth-order valence-corrected chi connectivity index (χ4v) is 3.87. The standard InChI is InChI=1S/C16H23N5O2S/c1-2-15-19-16-9-8-13(12-21(16)20-15)17-10-11-18-24(22,23)14-6-4-3-5-7-14/h3-7,13,17-18H,2,8-12H2,1H3/t13-/m1/s1. The van der Waals surface area contributed by atoms with Gasteiger partial charge in [0.2, 0.25) is 10.0 Å².